The zero-order valence-corrected chi connectivity index (χ0v) is 6.06. The Hall–Kier alpha value is -0.560. The van der Waals surface area contributed by atoms with Crippen LogP contribution < -0.4 is 5.73 Å². The van der Waals surface area contributed by atoms with Crippen molar-refractivity contribution in [1.29, 1.82) is 0 Å². The highest BCUT2D eigenvalue weighted by atomic mass is 14.5. The van der Waals surface area contributed by atoms with E-state index in [4.69, 9.17) is 5.73 Å². The van der Waals surface area contributed by atoms with Crippen LogP contribution in [0.4, 0.5) is 0 Å². The molecule has 1 heteroatoms. The summed E-state index contributed by atoms with van der Waals surface area (Å²) in [5.41, 5.74) is 6.71. The zero-order chi connectivity index (χ0) is 7.11. The van der Waals surface area contributed by atoms with Gasteiger partial charge in [0.25, 0.3) is 0 Å². The van der Waals surface area contributed by atoms with Gasteiger partial charge in [0, 0.05) is 6.54 Å². The summed E-state index contributed by atoms with van der Waals surface area (Å²) in [7, 11) is 0. The van der Waals surface area contributed by atoms with E-state index in [0.717, 1.165) is 12.8 Å². The molecule has 0 fully saturated rings. The quantitative estimate of drug-likeness (QED) is 0.570. The van der Waals surface area contributed by atoms with Gasteiger partial charge in [-0.1, -0.05) is 37.6 Å². The normalized spacial score (nSPS) is 11.6. The highest BCUT2D eigenvalue weighted by Crippen LogP contribution is 2.01. The lowest BCUT2D eigenvalue weighted by molar-refractivity contribution is 0.875. The van der Waals surface area contributed by atoms with Gasteiger partial charge in [-0.2, -0.15) is 0 Å². The third-order valence-corrected chi connectivity index (χ3v) is 1.19. The van der Waals surface area contributed by atoms with Crippen LogP contribution in [-0.4, -0.2) is 6.54 Å². The van der Waals surface area contributed by atoms with Gasteiger partial charge in [-0.25, -0.2) is 0 Å². The summed E-state index contributed by atoms with van der Waals surface area (Å²) in [5.74, 6) is 0. The smallest absolute Gasteiger partial charge is 0.0139 e. The molecule has 0 radical (unpaired) electrons. The van der Waals surface area contributed by atoms with Crippen molar-refractivity contribution >= 4 is 0 Å². The molecule has 1 nitrogen and oxygen atoms in total. The first-order valence-electron chi connectivity index (χ1n) is 3.35. The van der Waals surface area contributed by atoms with Gasteiger partial charge in [-0.05, 0) is 6.42 Å². The molecule has 52 valence electrons. The Morgan fingerprint density at radius 3 is 2.67 bits per heavy atom. The van der Waals surface area contributed by atoms with Gasteiger partial charge in [-0.15, -0.1) is 0 Å². The van der Waals surface area contributed by atoms with E-state index >= 15 is 0 Å². The van der Waals surface area contributed by atoms with E-state index in [1.165, 1.54) is 5.57 Å². The van der Waals surface area contributed by atoms with Crippen LogP contribution in [0.25, 0.3) is 0 Å². The summed E-state index contributed by atoms with van der Waals surface area (Å²) in [6, 6.07) is 0. The van der Waals surface area contributed by atoms with Crippen molar-refractivity contribution in [3.05, 3.63) is 24.3 Å². The fourth-order valence-corrected chi connectivity index (χ4v) is 0.741. The average Bonchev–Trinajstić information content (AvgIpc) is 1.88. The molecule has 0 amide bonds. The van der Waals surface area contributed by atoms with Crippen LogP contribution >= 0.6 is 0 Å². The Morgan fingerprint density at radius 1 is 1.67 bits per heavy atom. The predicted molar refractivity (Wildman–Crippen MR) is 42.2 cm³/mol. The van der Waals surface area contributed by atoms with E-state index in [1.54, 1.807) is 6.08 Å². The first kappa shape index (κ1) is 8.44. The van der Waals surface area contributed by atoms with Crippen molar-refractivity contribution in [1.82, 2.24) is 0 Å². The third kappa shape index (κ3) is 3.98. The maximum Gasteiger partial charge on any atom is 0.0139 e. The Labute approximate surface area is 57.3 Å². The minimum absolute atomic E-state index is 0.667. The number of hydrogen-bond donors (Lipinski definition) is 1. The molecule has 0 aromatic heterocycles. The topological polar surface area (TPSA) is 26.0 Å². The predicted octanol–water partition coefficient (Wildman–Crippen LogP) is 1.86. The average molecular weight is 125 g/mol. The fraction of sp³-hybridized carbons (Fsp3) is 0.500. The summed E-state index contributed by atoms with van der Waals surface area (Å²) in [6.45, 7) is 6.41. The second-order valence-electron chi connectivity index (χ2n) is 2.01. The highest BCUT2D eigenvalue weighted by molar-refractivity contribution is 5.11. The molecule has 0 aliphatic rings. The van der Waals surface area contributed by atoms with Crippen molar-refractivity contribution in [2.24, 2.45) is 5.73 Å². The van der Waals surface area contributed by atoms with Crippen LogP contribution in [0.2, 0.25) is 0 Å². The Morgan fingerprint density at radius 2 is 2.33 bits per heavy atom. The lowest BCUT2D eigenvalue weighted by Crippen LogP contribution is -2.02. The minimum Gasteiger partial charge on any atom is -0.327 e. The molecule has 0 rings (SSSR count). The maximum absolute atomic E-state index is 5.43. The van der Waals surface area contributed by atoms with Crippen LogP contribution in [0, 0.1) is 0 Å². The molecule has 0 heterocycles. The van der Waals surface area contributed by atoms with E-state index in [2.05, 4.69) is 13.5 Å². The van der Waals surface area contributed by atoms with Crippen LogP contribution in [-0.2, 0) is 0 Å². The maximum atomic E-state index is 5.43. The first-order chi connectivity index (χ1) is 4.35. The second-order valence-corrected chi connectivity index (χ2v) is 2.01. The molecule has 9 heavy (non-hydrogen) atoms. The van der Waals surface area contributed by atoms with Gasteiger partial charge in [0.1, 0.15) is 0 Å². The summed E-state index contributed by atoms with van der Waals surface area (Å²) in [6.07, 6.45) is 6.04. The molecule has 0 aromatic rings. The molecule has 0 atom stereocenters. The SMILES string of the molecule is C=C/C=C(/CN)CCC. The lowest BCUT2D eigenvalue weighted by Gasteiger charge is -1.97. The van der Waals surface area contributed by atoms with E-state index in [0.29, 0.717) is 6.54 Å². The van der Waals surface area contributed by atoms with Crippen molar-refractivity contribution in [2.75, 3.05) is 6.54 Å². The fourth-order valence-electron chi connectivity index (χ4n) is 0.741. The van der Waals surface area contributed by atoms with Crippen molar-refractivity contribution in [2.45, 2.75) is 19.8 Å². The van der Waals surface area contributed by atoms with Crippen molar-refractivity contribution < 1.29 is 0 Å². The minimum atomic E-state index is 0.667. The standard InChI is InChI=1S/C8H15N/c1-3-5-8(7-9)6-4-2/h3,5H,1,4,6-7,9H2,2H3/b8-5+. The molecule has 0 bridgehead atoms. The summed E-state index contributed by atoms with van der Waals surface area (Å²) in [5, 5.41) is 0. The van der Waals surface area contributed by atoms with Gasteiger partial charge in [-0.3, -0.25) is 0 Å². The molecule has 0 aromatic carbocycles. The molecule has 0 aliphatic carbocycles. The summed E-state index contributed by atoms with van der Waals surface area (Å²) < 4.78 is 0. The lowest BCUT2D eigenvalue weighted by atomic mass is 10.1. The van der Waals surface area contributed by atoms with Gasteiger partial charge < -0.3 is 5.73 Å². The van der Waals surface area contributed by atoms with E-state index in [9.17, 15) is 0 Å². The molecular formula is C8H15N. The van der Waals surface area contributed by atoms with E-state index in [1.807, 2.05) is 6.08 Å². The van der Waals surface area contributed by atoms with E-state index in [-0.39, 0.29) is 0 Å². The Bertz CT molecular complexity index is 103. The van der Waals surface area contributed by atoms with E-state index < -0.39 is 0 Å². The molecule has 0 unspecified atom stereocenters. The number of rotatable bonds is 4. The Kier molecular flexibility index (Phi) is 5.23. The monoisotopic (exact) mass is 125 g/mol. The van der Waals surface area contributed by atoms with Crippen LogP contribution in [0.5, 0.6) is 0 Å². The third-order valence-electron chi connectivity index (χ3n) is 1.19. The largest absolute Gasteiger partial charge is 0.327 e. The van der Waals surface area contributed by atoms with Gasteiger partial charge in [0.2, 0.25) is 0 Å². The summed E-state index contributed by atoms with van der Waals surface area (Å²) >= 11 is 0. The number of nitrogens with two attached hydrogens (primary N) is 1. The molecule has 2 N–H and O–H groups in total. The molecule has 0 aliphatic heterocycles. The first-order valence-corrected chi connectivity index (χ1v) is 3.35. The number of hydrogen-bond acceptors (Lipinski definition) is 1. The highest BCUT2D eigenvalue weighted by Gasteiger charge is 1.87. The second kappa shape index (κ2) is 5.57. The van der Waals surface area contributed by atoms with Gasteiger partial charge in [0.15, 0.2) is 0 Å². The van der Waals surface area contributed by atoms with Crippen molar-refractivity contribution in [3.8, 4) is 0 Å². The molecule has 0 saturated carbocycles. The van der Waals surface area contributed by atoms with Crippen LogP contribution in [0.15, 0.2) is 24.3 Å². The molecule has 0 saturated heterocycles. The van der Waals surface area contributed by atoms with Gasteiger partial charge >= 0.3 is 0 Å². The van der Waals surface area contributed by atoms with Crippen LogP contribution in [0.1, 0.15) is 19.8 Å². The van der Waals surface area contributed by atoms with Gasteiger partial charge in [0.05, 0.1) is 0 Å². The zero-order valence-electron chi connectivity index (χ0n) is 6.06. The molecule has 0 spiro atoms. The molecular weight excluding hydrogens is 110 g/mol. The van der Waals surface area contributed by atoms with Crippen LogP contribution in [0.3, 0.4) is 0 Å². The van der Waals surface area contributed by atoms with Crippen molar-refractivity contribution in [3.63, 3.8) is 0 Å². The summed E-state index contributed by atoms with van der Waals surface area (Å²) in [4.78, 5) is 0. The number of allylic oxidation sites excluding steroid dienone is 2. The Balaban J connectivity index is 3.66.